The average Bonchev–Trinajstić information content (AvgIpc) is 2.49. The molecule has 1 heterocycles. The van der Waals surface area contributed by atoms with Crippen LogP contribution in [0.4, 0.5) is 0 Å². The number of rotatable bonds is 5. The molecule has 1 saturated heterocycles. The minimum atomic E-state index is 0.231. The maximum absolute atomic E-state index is 6.00. The van der Waals surface area contributed by atoms with E-state index in [0.717, 1.165) is 31.7 Å². The van der Waals surface area contributed by atoms with Crippen LogP contribution in [0.15, 0.2) is 24.3 Å². The Balaban J connectivity index is 2.12. The predicted molar refractivity (Wildman–Crippen MR) is 76.4 cm³/mol. The number of para-hydroxylation sites is 1. The second kappa shape index (κ2) is 6.89. The highest BCUT2D eigenvalue weighted by Crippen LogP contribution is 2.30. The Morgan fingerprint density at radius 2 is 1.95 bits per heavy atom. The zero-order chi connectivity index (χ0) is 13.7. The topological polar surface area (TPSA) is 47.7 Å². The number of hydrogen-bond donors (Lipinski definition) is 1. The first kappa shape index (κ1) is 14.3. The molecule has 0 saturated carbocycles. The van der Waals surface area contributed by atoms with Crippen molar-refractivity contribution in [3.05, 3.63) is 29.8 Å². The summed E-state index contributed by atoms with van der Waals surface area (Å²) in [5.41, 5.74) is 7.18. The fourth-order valence-corrected chi connectivity index (χ4v) is 2.84. The number of nitrogens with zero attached hydrogens (tertiary/aromatic N) is 1. The number of benzene rings is 1. The molecule has 0 spiro atoms. The largest absolute Gasteiger partial charge is 0.496 e. The van der Waals surface area contributed by atoms with Crippen molar-refractivity contribution in [1.29, 1.82) is 0 Å². The van der Waals surface area contributed by atoms with Gasteiger partial charge in [0.25, 0.3) is 0 Å². The van der Waals surface area contributed by atoms with E-state index in [1.807, 2.05) is 18.2 Å². The van der Waals surface area contributed by atoms with E-state index >= 15 is 0 Å². The van der Waals surface area contributed by atoms with Crippen LogP contribution < -0.4 is 10.5 Å². The van der Waals surface area contributed by atoms with Crippen molar-refractivity contribution < 1.29 is 9.47 Å². The van der Waals surface area contributed by atoms with Gasteiger partial charge in [0, 0.05) is 32.3 Å². The molecule has 0 aromatic heterocycles. The van der Waals surface area contributed by atoms with Gasteiger partial charge in [-0.3, -0.25) is 4.90 Å². The third-order valence-corrected chi connectivity index (χ3v) is 3.97. The summed E-state index contributed by atoms with van der Waals surface area (Å²) >= 11 is 0. The molecule has 1 unspecified atom stereocenters. The Labute approximate surface area is 115 Å². The van der Waals surface area contributed by atoms with Gasteiger partial charge >= 0.3 is 0 Å². The van der Waals surface area contributed by atoms with Crippen LogP contribution in [0, 0.1) is 0 Å². The van der Waals surface area contributed by atoms with Gasteiger partial charge in [-0.15, -0.1) is 0 Å². The molecule has 0 radical (unpaired) electrons. The number of piperidine rings is 1. The summed E-state index contributed by atoms with van der Waals surface area (Å²) in [5.74, 6) is 0.923. The van der Waals surface area contributed by atoms with Gasteiger partial charge in [0.15, 0.2) is 0 Å². The molecule has 0 amide bonds. The van der Waals surface area contributed by atoms with E-state index in [2.05, 4.69) is 11.0 Å². The van der Waals surface area contributed by atoms with Gasteiger partial charge in [0.05, 0.1) is 19.3 Å². The van der Waals surface area contributed by atoms with E-state index in [1.54, 1.807) is 14.2 Å². The van der Waals surface area contributed by atoms with Gasteiger partial charge in [-0.05, 0) is 18.9 Å². The Morgan fingerprint density at radius 3 is 2.53 bits per heavy atom. The van der Waals surface area contributed by atoms with Gasteiger partial charge in [0.2, 0.25) is 0 Å². The maximum atomic E-state index is 6.00. The zero-order valence-corrected chi connectivity index (χ0v) is 11.8. The van der Waals surface area contributed by atoms with Gasteiger partial charge in [0.1, 0.15) is 5.75 Å². The molecular formula is C15H24N2O2. The lowest BCUT2D eigenvalue weighted by Gasteiger charge is -2.37. The molecule has 1 aliphatic rings. The average molecular weight is 264 g/mol. The molecule has 1 atom stereocenters. The molecule has 19 heavy (non-hydrogen) atoms. The van der Waals surface area contributed by atoms with Crippen LogP contribution in [0.1, 0.15) is 24.4 Å². The number of likely N-dealkylation sites (tertiary alicyclic amines) is 1. The lowest BCUT2D eigenvalue weighted by atomic mass is 9.99. The molecule has 1 aliphatic heterocycles. The number of ether oxygens (including phenoxy) is 2. The molecule has 4 heteroatoms. The van der Waals surface area contributed by atoms with Gasteiger partial charge in [-0.1, -0.05) is 18.2 Å². The van der Waals surface area contributed by atoms with E-state index in [4.69, 9.17) is 15.2 Å². The summed E-state index contributed by atoms with van der Waals surface area (Å²) in [6.07, 6.45) is 2.54. The molecule has 0 bridgehead atoms. The Hall–Kier alpha value is -1.10. The van der Waals surface area contributed by atoms with Crippen LogP contribution in [-0.4, -0.2) is 44.9 Å². The Kier molecular flexibility index (Phi) is 5.19. The predicted octanol–water partition coefficient (Wildman–Crippen LogP) is 1.81. The first-order valence-electron chi connectivity index (χ1n) is 6.90. The van der Waals surface area contributed by atoms with E-state index in [9.17, 15) is 0 Å². The first-order valence-corrected chi connectivity index (χ1v) is 6.90. The molecule has 2 rings (SSSR count). The summed E-state index contributed by atoms with van der Waals surface area (Å²) in [5, 5.41) is 0. The summed E-state index contributed by atoms with van der Waals surface area (Å²) in [4.78, 5) is 2.44. The molecule has 2 N–H and O–H groups in total. The van der Waals surface area contributed by atoms with E-state index in [1.165, 1.54) is 5.56 Å². The molecule has 0 aliphatic carbocycles. The lowest BCUT2D eigenvalue weighted by Crippen LogP contribution is -2.41. The van der Waals surface area contributed by atoms with Crippen LogP contribution in [0.2, 0.25) is 0 Å². The zero-order valence-electron chi connectivity index (χ0n) is 11.8. The van der Waals surface area contributed by atoms with E-state index in [-0.39, 0.29) is 6.04 Å². The van der Waals surface area contributed by atoms with Crippen LogP contribution in [0.25, 0.3) is 0 Å². The van der Waals surface area contributed by atoms with Crippen molar-refractivity contribution in [2.45, 2.75) is 25.0 Å². The maximum Gasteiger partial charge on any atom is 0.123 e. The quantitative estimate of drug-likeness (QED) is 0.881. The molecule has 106 valence electrons. The summed E-state index contributed by atoms with van der Waals surface area (Å²) in [6.45, 7) is 2.66. The highest BCUT2D eigenvalue weighted by Gasteiger charge is 2.26. The minimum absolute atomic E-state index is 0.231. The molecule has 1 aromatic carbocycles. The molecule has 4 nitrogen and oxygen atoms in total. The fourth-order valence-electron chi connectivity index (χ4n) is 2.84. The minimum Gasteiger partial charge on any atom is -0.496 e. The monoisotopic (exact) mass is 264 g/mol. The summed E-state index contributed by atoms with van der Waals surface area (Å²) in [7, 11) is 3.50. The Bertz CT molecular complexity index is 389. The second-order valence-electron chi connectivity index (χ2n) is 4.96. The van der Waals surface area contributed by atoms with Crippen molar-refractivity contribution in [2.24, 2.45) is 5.73 Å². The van der Waals surface area contributed by atoms with Crippen LogP contribution in [0.5, 0.6) is 5.75 Å². The van der Waals surface area contributed by atoms with E-state index in [0.29, 0.717) is 12.6 Å². The highest BCUT2D eigenvalue weighted by atomic mass is 16.5. The third kappa shape index (κ3) is 3.26. The highest BCUT2D eigenvalue weighted by molar-refractivity contribution is 5.36. The van der Waals surface area contributed by atoms with Crippen LogP contribution >= 0.6 is 0 Å². The lowest BCUT2D eigenvalue weighted by molar-refractivity contribution is 0.0277. The van der Waals surface area contributed by atoms with Crippen molar-refractivity contribution >= 4 is 0 Å². The van der Waals surface area contributed by atoms with Crippen molar-refractivity contribution in [3.63, 3.8) is 0 Å². The third-order valence-electron chi connectivity index (χ3n) is 3.97. The summed E-state index contributed by atoms with van der Waals surface area (Å²) < 4.78 is 10.9. The van der Waals surface area contributed by atoms with Crippen LogP contribution in [-0.2, 0) is 4.74 Å². The Morgan fingerprint density at radius 1 is 1.26 bits per heavy atom. The fraction of sp³-hybridized carbons (Fsp3) is 0.600. The number of nitrogens with two attached hydrogens (primary N) is 1. The van der Waals surface area contributed by atoms with Gasteiger partial charge in [-0.2, -0.15) is 0 Å². The van der Waals surface area contributed by atoms with Gasteiger partial charge < -0.3 is 15.2 Å². The first-order chi connectivity index (χ1) is 9.30. The molecular weight excluding hydrogens is 240 g/mol. The van der Waals surface area contributed by atoms with E-state index < -0.39 is 0 Å². The van der Waals surface area contributed by atoms with Crippen molar-refractivity contribution in [2.75, 3.05) is 33.9 Å². The smallest absolute Gasteiger partial charge is 0.123 e. The number of hydrogen-bond acceptors (Lipinski definition) is 4. The van der Waals surface area contributed by atoms with Gasteiger partial charge in [-0.25, -0.2) is 0 Å². The van der Waals surface area contributed by atoms with Crippen molar-refractivity contribution in [3.8, 4) is 5.75 Å². The normalized spacial score (nSPS) is 19.3. The SMILES string of the molecule is COc1ccccc1C(CN)N1CCC(OC)CC1. The number of methoxy groups -OCH3 is 2. The second-order valence-corrected chi connectivity index (χ2v) is 4.96. The van der Waals surface area contributed by atoms with Crippen molar-refractivity contribution in [1.82, 2.24) is 4.90 Å². The molecule has 1 aromatic rings. The summed E-state index contributed by atoms with van der Waals surface area (Å²) in [6, 6.07) is 8.38. The van der Waals surface area contributed by atoms with Crippen LogP contribution in [0.3, 0.4) is 0 Å². The molecule has 1 fully saturated rings. The standard InChI is InChI=1S/C15H24N2O2/c1-18-12-7-9-17(10-8-12)14(11-16)13-5-3-4-6-15(13)19-2/h3-6,12,14H,7-11,16H2,1-2H3.